The van der Waals surface area contributed by atoms with E-state index in [1.165, 1.54) is 32.1 Å². The normalized spacial score (nSPS) is 17.1. The van der Waals surface area contributed by atoms with Crippen LogP contribution in [-0.4, -0.2) is 0 Å². The summed E-state index contributed by atoms with van der Waals surface area (Å²) in [5, 5.41) is 0. The highest BCUT2D eigenvalue weighted by Crippen LogP contribution is 2.30. The monoisotopic (exact) mass is 164 g/mol. The summed E-state index contributed by atoms with van der Waals surface area (Å²) in [6.45, 7) is 6.78. The summed E-state index contributed by atoms with van der Waals surface area (Å²) in [6, 6.07) is 0. The highest BCUT2D eigenvalue weighted by molar-refractivity contribution is 5.38. The van der Waals surface area contributed by atoms with Crippen molar-refractivity contribution in [2.24, 2.45) is 0 Å². The van der Waals surface area contributed by atoms with Gasteiger partial charge in [0.1, 0.15) is 0 Å². The van der Waals surface area contributed by atoms with Crippen molar-refractivity contribution in [2.75, 3.05) is 0 Å². The quantitative estimate of drug-likeness (QED) is 0.583. The van der Waals surface area contributed by atoms with Crippen molar-refractivity contribution in [3.8, 4) is 0 Å². The van der Waals surface area contributed by atoms with E-state index in [-0.39, 0.29) is 0 Å². The lowest BCUT2D eigenvalue weighted by molar-refractivity contribution is 0.842. The highest BCUT2D eigenvalue weighted by Gasteiger charge is 2.10. The maximum absolute atomic E-state index is 2.40. The smallest absolute Gasteiger partial charge is 0.0102 e. The molecule has 0 amide bonds. The van der Waals surface area contributed by atoms with Crippen LogP contribution >= 0.6 is 0 Å². The van der Waals surface area contributed by atoms with Gasteiger partial charge in [-0.2, -0.15) is 0 Å². The molecule has 68 valence electrons. The molecule has 0 saturated carbocycles. The Hall–Kier alpha value is -0.520. The van der Waals surface area contributed by atoms with Gasteiger partial charge in [0.15, 0.2) is 0 Å². The zero-order valence-electron chi connectivity index (χ0n) is 8.61. The van der Waals surface area contributed by atoms with Crippen molar-refractivity contribution in [1.29, 1.82) is 0 Å². The van der Waals surface area contributed by atoms with Gasteiger partial charge in [-0.25, -0.2) is 0 Å². The fraction of sp³-hybridized carbons (Fsp3) is 0.667. The second kappa shape index (κ2) is 4.49. The molecule has 0 unspecified atom stereocenters. The van der Waals surface area contributed by atoms with E-state index in [0.717, 1.165) is 0 Å². The largest absolute Gasteiger partial charge is 0.0690 e. The highest BCUT2D eigenvalue weighted by atomic mass is 14.2. The molecule has 0 nitrogen and oxygen atoms in total. The van der Waals surface area contributed by atoms with E-state index in [1.54, 1.807) is 16.7 Å². The van der Waals surface area contributed by atoms with Gasteiger partial charge >= 0.3 is 0 Å². The van der Waals surface area contributed by atoms with Gasteiger partial charge in [-0.15, -0.1) is 0 Å². The van der Waals surface area contributed by atoms with Crippen LogP contribution in [0.5, 0.6) is 0 Å². The van der Waals surface area contributed by atoms with Crippen LogP contribution in [0.25, 0.3) is 0 Å². The third-order valence-electron chi connectivity index (χ3n) is 2.44. The summed E-state index contributed by atoms with van der Waals surface area (Å²) in [7, 11) is 0. The van der Waals surface area contributed by atoms with Crippen molar-refractivity contribution >= 4 is 0 Å². The molecule has 1 rings (SSSR count). The van der Waals surface area contributed by atoms with Crippen molar-refractivity contribution < 1.29 is 0 Å². The molecule has 0 aliphatic heterocycles. The van der Waals surface area contributed by atoms with Gasteiger partial charge in [-0.05, 0) is 31.8 Å². The van der Waals surface area contributed by atoms with Crippen molar-refractivity contribution in [3.05, 3.63) is 22.8 Å². The summed E-state index contributed by atoms with van der Waals surface area (Å²) in [6.07, 6.45) is 8.82. The van der Waals surface area contributed by atoms with E-state index < -0.39 is 0 Å². The van der Waals surface area contributed by atoms with E-state index >= 15 is 0 Å². The van der Waals surface area contributed by atoms with Gasteiger partial charge in [0.2, 0.25) is 0 Å². The van der Waals surface area contributed by atoms with Crippen LogP contribution in [0.15, 0.2) is 22.8 Å². The molecular weight excluding hydrogens is 144 g/mol. The molecule has 0 aromatic heterocycles. The van der Waals surface area contributed by atoms with Gasteiger partial charge in [0.25, 0.3) is 0 Å². The third-order valence-corrected chi connectivity index (χ3v) is 2.44. The Bertz CT molecular complexity index is 206. The Balaban J connectivity index is 2.62. The summed E-state index contributed by atoms with van der Waals surface area (Å²) in [5.74, 6) is 0. The van der Waals surface area contributed by atoms with Crippen LogP contribution in [0.4, 0.5) is 0 Å². The predicted molar refractivity (Wildman–Crippen MR) is 55.2 cm³/mol. The molecule has 0 radical (unpaired) electrons. The standard InChI is InChI=1S/C12H20/c1-4-6-11-8-10(3)9-12(11)7-5-2/h8H,4-7,9H2,1-3H3. The second-order valence-electron chi connectivity index (χ2n) is 3.80. The summed E-state index contributed by atoms with van der Waals surface area (Å²) in [4.78, 5) is 0. The van der Waals surface area contributed by atoms with Gasteiger partial charge in [-0.1, -0.05) is 43.9 Å². The van der Waals surface area contributed by atoms with E-state index in [9.17, 15) is 0 Å². The fourth-order valence-corrected chi connectivity index (χ4v) is 1.97. The average Bonchev–Trinajstić information content (AvgIpc) is 2.33. The molecule has 0 atom stereocenters. The molecule has 0 saturated heterocycles. The second-order valence-corrected chi connectivity index (χ2v) is 3.80. The molecule has 0 N–H and O–H groups in total. The fourth-order valence-electron chi connectivity index (χ4n) is 1.97. The molecule has 0 aromatic rings. The van der Waals surface area contributed by atoms with Crippen LogP contribution in [0.2, 0.25) is 0 Å². The van der Waals surface area contributed by atoms with Gasteiger partial charge in [0.05, 0.1) is 0 Å². The SMILES string of the molecule is CCCC1=C(CCC)CC(C)=C1. The number of rotatable bonds is 4. The van der Waals surface area contributed by atoms with Crippen molar-refractivity contribution in [1.82, 2.24) is 0 Å². The summed E-state index contributed by atoms with van der Waals surface area (Å²) >= 11 is 0. The Morgan fingerprint density at radius 3 is 2.42 bits per heavy atom. The molecular formula is C12H20. The number of hydrogen-bond acceptors (Lipinski definition) is 0. The number of hydrogen-bond donors (Lipinski definition) is 0. The van der Waals surface area contributed by atoms with Gasteiger partial charge in [0, 0.05) is 0 Å². The minimum atomic E-state index is 1.25. The van der Waals surface area contributed by atoms with Crippen LogP contribution in [0.1, 0.15) is 52.9 Å². The molecule has 1 aliphatic carbocycles. The lowest BCUT2D eigenvalue weighted by Gasteiger charge is -2.03. The molecule has 1 aliphatic rings. The third kappa shape index (κ3) is 2.23. The number of allylic oxidation sites excluding steroid dienone is 4. The molecule has 0 fully saturated rings. The van der Waals surface area contributed by atoms with E-state index in [4.69, 9.17) is 0 Å². The first kappa shape index (κ1) is 9.57. The lowest BCUT2D eigenvalue weighted by Crippen LogP contribution is -1.84. The van der Waals surface area contributed by atoms with Crippen LogP contribution in [0.3, 0.4) is 0 Å². The van der Waals surface area contributed by atoms with Crippen LogP contribution in [0, 0.1) is 0 Å². The Morgan fingerprint density at radius 1 is 1.17 bits per heavy atom. The van der Waals surface area contributed by atoms with Gasteiger partial charge in [-0.3, -0.25) is 0 Å². The summed E-state index contributed by atoms with van der Waals surface area (Å²) in [5.41, 5.74) is 4.90. The molecule has 0 spiro atoms. The summed E-state index contributed by atoms with van der Waals surface area (Å²) < 4.78 is 0. The predicted octanol–water partition coefficient (Wildman–Crippen LogP) is 4.23. The van der Waals surface area contributed by atoms with E-state index in [2.05, 4.69) is 26.8 Å². The van der Waals surface area contributed by atoms with Crippen LogP contribution < -0.4 is 0 Å². The molecule has 0 heterocycles. The average molecular weight is 164 g/mol. The van der Waals surface area contributed by atoms with Crippen molar-refractivity contribution in [3.63, 3.8) is 0 Å². The first-order valence-corrected chi connectivity index (χ1v) is 5.16. The maximum atomic E-state index is 2.40. The Kier molecular flexibility index (Phi) is 3.58. The zero-order valence-corrected chi connectivity index (χ0v) is 8.61. The molecule has 12 heavy (non-hydrogen) atoms. The van der Waals surface area contributed by atoms with E-state index in [1.807, 2.05) is 0 Å². The molecule has 0 heteroatoms. The van der Waals surface area contributed by atoms with Gasteiger partial charge < -0.3 is 0 Å². The van der Waals surface area contributed by atoms with E-state index in [0.29, 0.717) is 0 Å². The molecule has 0 bridgehead atoms. The Labute approximate surface area is 76.4 Å². The first-order valence-electron chi connectivity index (χ1n) is 5.16. The minimum Gasteiger partial charge on any atom is -0.0690 e. The van der Waals surface area contributed by atoms with Crippen molar-refractivity contribution in [2.45, 2.75) is 52.9 Å². The molecule has 0 aromatic carbocycles. The zero-order chi connectivity index (χ0) is 8.97. The maximum Gasteiger partial charge on any atom is -0.0102 e. The first-order chi connectivity index (χ1) is 5.77. The lowest BCUT2D eigenvalue weighted by atomic mass is 10.0. The minimum absolute atomic E-state index is 1.25. The topological polar surface area (TPSA) is 0 Å². The van der Waals surface area contributed by atoms with Crippen LogP contribution in [-0.2, 0) is 0 Å². The Morgan fingerprint density at radius 2 is 1.83 bits per heavy atom.